The lowest BCUT2D eigenvalue weighted by atomic mass is 10.1. The molecule has 2 aromatic heterocycles. The van der Waals surface area contributed by atoms with Crippen LogP contribution in [0.25, 0.3) is 33.2 Å². The van der Waals surface area contributed by atoms with Gasteiger partial charge in [-0.15, -0.1) is 0 Å². The molecule has 5 rings (SSSR count). The Labute approximate surface area is 160 Å². The first kappa shape index (κ1) is 16.0. The van der Waals surface area contributed by atoms with Crippen LogP contribution in [0.2, 0.25) is 0 Å². The molecule has 6 heteroatoms. The van der Waals surface area contributed by atoms with E-state index in [1.807, 2.05) is 66.7 Å². The first-order chi connectivity index (χ1) is 13.8. The largest absolute Gasteiger partial charge is 0.322 e. The van der Waals surface area contributed by atoms with Crippen molar-refractivity contribution in [1.82, 2.24) is 20.2 Å². The summed E-state index contributed by atoms with van der Waals surface area (Å²) in [7, 11) is 0. The second-order valence-corrected chi connectivity index (χ2v) is 6.31. The predicted molar refractivity (Wildman–Crippen MR) is 109 cm³/mol. The number of fused-ring (bicyclic) bond motifs is 2. The molecular formula is C22H14N6. The van der Waals surface area contributed by atoms with Gasteiger partial charge in [0.15, 0.2) is 11.6 Å². The first-order valence-electron chi connectivity index (χ1n) is 8.80. The minimum Gasteiger partial charge on any atom is -0.322 e. The van der Waals surface area contributed by atoms with Gasteiger partial charge in [0.1, 0.15) is 5.82 Å². The van der Waals surface area contributed by atoms with Crippen molar-refractivity contribution in [1.29, 1.82) is 5.26 Å². The van der Waals surface area contributed by atoms with Crippen LogP contribution < -0.4 is 5.32 Å². The number of rotatable bonds is 3. The summed E-state index contributed by atoms with van der Waals surface area (Å²) >= 11 is 0. The maximum absolute atomic E-state index is 9.45. The van der Waals surface area contributed by atoms with E-state index < -0.39 is 0 Å². The van der Waals surface area contributed by atoms with E-state index in [1.54, 1.807) is 6.07 Å². The molecule has 0 saturated heterocycles. The third kappa shape index (κ3) is 2.63. The number of nitriles is 1. The molecule has 5 aromatic rings. The van der Waals surface area contributed by atoms with Gasteiger partial charge in [0, 0.05) is 16.3 Å². The number of aromatic amines is 1. The third-order valence-corrected chi connectivity index (χ3v) is 4.60. The number of hydrogen-bond acceptors (Lipinski definition) is 5. The maximum Gasteiger partial charge on any atom is 0.163 e. The molecule has 28 heavy (non-hydrogen) atoms. The Morgan fingerprint density at radius 3 is 2.43 bits per heavy atom. The number of aromatic nitrogens is 4. The number of para-hydroxylation sites is 2. The highest BCUT2D eigenvalue weighted by molar-refractivity contribution is 5.96. The zero-order valence-electron chi connectivity index (χ0n) is 14.7. The second kappa shape index (κ2) is 6.49. The zero-order valence-corrected chi connectivity index (χ0v) is 14.7. The van der Waals surface area contributed by atoms with E-state index in [9.17, 15) is 5.26 Å². The highest BCUT2D eigenvalue weighted by Crippen LogP contribution is 2.30. The van der Waals surface area contributed by atoms with Gasteiger partial charge in [-0.3, -0.25) is 5.10 Å². The van der Waals surface area contributed by atoms with Gasteiger partial charge >= 0.3 is 0 Å². The zero-order chi connectivity index (χ0) is 18.9. The lowest BCUT2D eigenvalue weighted by Gasteiger charge is -2.10. The van der Waals surface area contributed by atoms with Crippen molar-refractivity contribution in [3.8, 4) is 17.5 Å². The van der Waals surface area contributed by atoms with Crippen LogP contribution in [0, 0.1) is 11.3 Å². The van der Waals surface area contributed by atoms with E-state index in [2.05, 4.69) is 26.6 Å². The highest BCUT2D eigenvalue weighted by atomic mass is 15.2. The van der Waals surface area contributed by atoms with E-state index in [0.717, 1.165) is 21.8 Å². The quantitative estimate of drug-likeness (QED) is 0.482. The van der Waals surface area contributed by atoms with Gasteiger partial charge in [0.2, 0.25) is 0 Å². The van der Waals surface area contributed by atoms with E-state index in [4.69, 9.17) is 4.98 Å². The second-order valence-electron chi connectivity index (χ2n) is 6.31. The van der Waals surface area contributed by atoms with Crippen LogP contribution in [0.5, 0.6) is 0 Å². The van der Waals surface area contributed by atoms with Gasteiger partial charge < -0.3 is 5.32 Å². The standard InChI is InChI=1S/C22H14N6/c23-13-14-7-1-2-8-15(14)20-24-18-11-5-3-9-16(18)21(25-20)26-22-17-10-4-6-12-19(17)27-28-22/h1-12H,(H2,24,25,26,27,28). The van der Waals surface area contributed by atoms with E-state index in [1.165, 1.54) is 0 Å². The van der Waals surface area contributed by atoms with Crippen LogP contribution in [0.15, 0.2) is 72.8 Å². The molecule has 0 saturated carbocycles. The van der Waals surface area contributed by atoms with Gasteiger partial charge in [-0.2, -0.15) is 10.4 Å². The fraction of sp³-hybridized carbons (Fsp3) is 0. The average Bonchev–Trinajstić information content (AvgIpc) is 3.16. The average molecular weight is 362 g/mol. The van der Waals surface area contributed by atoms with E-state index in [-0.39, 0.29) is 0 Å². The fourth-order valence-corrected chi connectivity index (χ4v) is 3.24. The summed E-state index contributed by atoms with van der Waals surface area (Å²) in [6.45, 7) is 0. The number of nitrogens with one attached hydrogen (secondary N) is 2. The van der Waals surface area contributed by atoms with Crippen LogP contribution in [-0.4, -0.2) is 20.2 Å². The summed E-state index contributed by atoms with van der Waals surface area (Å²) in [5.41, 5.74) is 2.97. The lowest BCUT2D eigenvalue weighted by Crippen LogP contribution is -2.00. The van der Waals surface area contributed by atoms with Crippen LogP contribution in [0.1, 0.15) is 5.56 Å². The summed E-state index contributed by atoms with van der Waals surface area (Å²) in [6, 6.07) is 25.2. The van der Waals surface area contributed by atoms with Crippen molar-refractivity contribution in [2.24, 2.45) is 0 Å². The van der Waals surface area contributed by atoms with Crippen molar-refractivity contribution >= 4 is 33.4 Å². The Kier molecular flexibility index (Phi) is 3.70. The first-order valence-corrected chi connectivity index (χ1v) is 8.80. The molecule has 0 fully saturated rings. The minimum atomic E-state index is 0.498. The molecule has 132 valence electrons. The molecular weight excluding hydrogens is 348 g/mol. The smallest absolute Gasteiger partial charge is 0.163 e. The highest BCUT2D eigenvalue weighted by Gasteiger charge is 2.14. The molecule has 0 aliphatic rings. The number of benzene rings is 3. The van der Waals surface area contributed by atoms with Gasteiger partial charge in [-0.25, -0.2) is 9.97 Å². The molecule has 0 aliphatic heterocycles. The number of nitrogens with zero attached hydrogens (tertiary/aromatic N) is 4. The third-order valence-electron chi connectivity index (χ3n) is 4.60. The van der Waals surface area contributed by atoms with Gasteiger partial charge in [-0.1, -0.05) is 36.4 Å². The van der Waals surface area contributed by atoms with Crippen LogP contribution >= 0.6 is 0 Å². The summed E-state index contributed by atoms with van der Waals surface area (Å²) in [5, 5.41) is 22.1. The summed E-state index contributed by atoms with van der Waals surface area (Å²) in [4.78, 5) is 9.41. The van der Waals surface area contributed by atoms with Crippen LogP contribution in [0.3, 0.4) is 0 Å². The normalized spacial score (nSPS) is 10.8. The van der Waals surface area contributed by atoms with E-state index in [0.29, 0.717) is 28.6 Å². The van der Waals surface area contributed by atoms with Gasteiger partial charge in [0.25, 0.3) is 0 Å². The molecule has 0 radical (unpaired) electrons. The molecule has 0 atom stereocenters. The summed E-state index contributed by atoms with van der Waals surface area (Å²) in [5.74, 6) is 1.84. The van der Waals surface area contributed by atoms with Crippen molar-refractivity contribution in [2.45, 2.75) is 0 Å². The summed E-state index contributed by atoms with van der Waals surface area (Å²) < 4.78 is 0. The van der Waals surface area contributed by atoms with Crippen molar-refractivity contribution in [3.05, 3.63) is 78.4 Å². The number of anilines is 2. The molecule has 0 unspecified atom stereocenters. The molecule has 3 aromatic carbocycles. The molecule has 0 spiro atoms. The van der Waals surface area contributed by atoms with Crippen molar-refractivity contribution < 1.29 is 0 Å². The monoisotopic (exact) mass is 362 g/mol. The molecule has 0 amide bonds. The van der Waals surface area contributed by atoms with Gasteiger partial charge in [-0.05, 0) is 36.4 Å². The predicted octanol–water partition coefficient (Wildman–Crippen LogP) is 4.79. The van der Waals surface area contributed by atoms with Crippen molar-refractivity contribution in [3.63, 3.8) is 0 Å². The molecule has 0 bridgehead atoms. The maximum atomic E-state index is 9.45. The van der Waals surface area contributed by atoms with Crippen molar-refractivity contribution in [2.75, 3.05) is 5.32 Å². The Hall–Kier alpha value is -4.24. The topological polar surface area (TPSA) is 90.3 Å². The summed E-state index contributed by atoms with van der Waals surface area (Å²) in [6.07, 6.45) is 0. The number of hydrogen-bond donors (Lipinski definition) is 2. The Morgan fingerprint density at radius 1 is 0.786 bits per heavy atom. The minimum absolute atomic E-state index is 0.498. The molecule has 0 aliphatic carbocycles. The molecule has 6 nitrogen and oxygen atoms in total. The van der Waals surface area contributed by atoms with Gasteiger partial charge in [0.05, 0.1) is 22.7 Å². The van der Waals surface area contributed by atoms with Crippen LogP contribution in [-0.2, 0) is 0 Å². The fourth-order valence-electron chi connectivity index (χ4n) is 3.24. The van der Waals surface area contributed by atoms with Crippen LogP contribution in [0.4, 0.5) is 11.6 Å². The Bertz CT molecular complexity index is 1360. The molecule has 2 N–H and O–H groups in total. The molecule has 2 heterocycles. The van der Waals surface area contributed by atoms with E-state index >= 15 is 0 Å². The lowest BCUT2D eigenvalue weighted by molar-refractivity contribution is 1.11. The Balaban J connectivity index is 1.71. The SMILES string of the molecule is N#Cc1ccccc1-c1nc(Nc2n[nH]c3ccccc23)c2ccccc2n1. The Morgan fingerprint density at radius 2 is 1.54 bits per heavy atom. The number of H-pyrrole nitrogens is 1.